The maximum absolute atomic E-state index is 5.94. The van der Waals surface area contributed by atoms with Gasteiger partial charge in [0.25, 0.3) is 0 Å². The first-order valence-corrected chi connectivity index (χ1v) is 5.52. The fraction of sp³-hybridized carbons (Fsp3) is 0.364. The second-order valence-corrected chi connectivity index (χ2v) is 4.50. The molecule has 2 N–H and O–H groups in total. The Bertz CT molecular complexity index is 518. The van der Waals surface area contributed by atoms with Gasteiger partial charge in [-0.1, -0.05) is 11.6 Å². The van der Waals surface area contributed by atoms with E-state index < -0.39 is 0 Å². The lowest BCUT2D eigenvalue weighted by Gasteiger charge is -2.19. The van der Waals surface area contributed by atoms with E-state index in [4.69, 9.17) is 17.3 Å². The maximum Gasteiger partial charge on any atom is 0.111 e. The zero-order valence-electron chi connectivity index (χ0n) is 8.28. The van der Waals surface area contributed by atoms with Crippen molar-refractivity contribution in [3.05, 3.63) is 29.0 Å². The van der Waals surface area contributed by atoms with Crippen LogP contribution in [0.3, 0.4) is 0 Å². The van der Waals surface area contributed by atoms with Gasteiger partial charge in [0.15, 0.2) is 0 Å². The van der Waals surface area contributed by atoms with Crippen molar-refractivity contribution in [2.24, 2.45) is 5.73 Å². The Labute approximate surface area is 92.8 Å². The molecule has 2 heterocycles. The van der Waals surface area contributed by atoms with Crippen LogP contribution in [0.2, 0.25) is 5.02 Å². The molecule has 1 unspecified atom stereocenters. The van der Waals surface area contributed by atoms with Gasteiger partial charge in [-0.2, -0.15) is 0 Å². The van der Waals surface area contributed by atoms with Crippen LogP contribution in [0, 0.1) is 0 Å². The molecule has 0 bridgehead atoms. The van der Waals surface area contributed by atoms with Gasteiger partial charge in [-0.25, -0.2) is 4.98 Å². The van der Waals surface area contributed by atoms with E-state index >= 15 is 0 Å². The highest BCUT2D eigenvalue weighted by atomic mass is 35.5. The molecule has 3 nitrogen and oxygen atoms in total. The average Bonchev–Trinajstić information content (AvgIpc) is 2.53. The van der Waals surface area contributed by atoms with Crippen LogP contribution in [0.4, 0.5) is 0 Å². The van der Waals surface area contributed by atoms with E-state index in [0.717, 1.165) is 35.8 Å². The first-order valence-electron chi connectivity index (χ1n) is 5.14. The molecule has 15 heavy (non-hydrogen) atoms. The van der Waals surface area contributed by atoms with Gasteiger partial charge < -0.3 is 10.3 Å². The number of fused-ring (bicyclic) bond motifs is 3. The normalized spacial score (nSPS) is 20.5. The van der Waals surface area contributed by atoms with Gasteiger partial charge in [0.2, 0.25) is 0 Å². The Balaban J connectivity index is 2.23. The number of hydrogen-bond donors (Lipinski definition) is 1. The lowest BCUT2D eigenvalue weighted by molar-refractivity contribution is 0.471. The number of rotatable bonds is 0. The smallest absolute Gasteiger partial charge is 0.111 e. The minimum Gasteiger partial charge on any atom is -0.328 e. The third-order valence-electron chi connectivity index (χ3n) is 2.96. The van der Waals surface area contributed by atoms with Crippen molar-refractivity contribution in [1.29, 1.82) is 0 Å². The van der Waals surface area contributed by atoms with E-state index in [1.807, 2.05) is 18.2 Å². The van der Waals surface area contributed by atoms with Crippen molar-refractivity contribution in [1.82, 2.24) is 9.55 Å². The molecule has 1 aliphatic rings. The van der Waals surface area contributed by atoms with E-state index in [9.17, 15) is 0 Å². The molecule has 0 radical (unpaired) electrons. The number of halogens is 1. The van der Waals surface area contributed by atoms with Crippen molar-refractivity contribution in [3.8, 4) is 0 Å². The summed E-state index contributed by atoms with van der Waals surface area (Å²) in [5.74, 6) is 1.09. The topological polar surface area (TPSA) is 43.8 Å². The predicted molar refractivity (Wildman–Crippen MR) is 61.0 cm³/mol. The second kappa shape index (κ2) is 3.22. The Morgan fingerprint density at radius 1 is 1.47 bits per heavy atom. The molecule has 4 heteroatoms. The monoisotopic (exact) mass is 221 g/mol. The van der Waals surface area contributed by atoms with Gasteiger partial charge >= 0.3 is 0 Å². The summed E-state index contributed by atoms with van der Waals surface area (Å²) in [6.07, 6.45) is 1.90. The summed E-state index contributed by atoms with van der Waals surface area (Å²) in [5, 5.41) is 0.738. The van der Waals surface area contributed by atoms with E-state index in [-0.39, 0.29) is 6.04 Å². The summed E-state index contributed by atoms with van der Waals surface area (Å²) in [6.45, 7) is 0.967. The quantitative estimate of drug-likeness (QED) is 0.739. The van der Waals surface area contributed by atoms with Crippen LogP contribution in [0.15, 0.2) is 18.2 Å². The number of aryl methyl sites for hydroxylation is 1. The van der Waals surface area contributed by atoms with Gasteiger partial charge in [-0.15, -0.1) is 0 Å². The highest BCUT2D eigenvalue weighted by Gasteiger charge is 2.19. The summed E-state index contributed by atoms with van der Waals surface area (Å²) in [6, 6.07) is 6.11. The van der Waals surface area contributed by atoms with Crippen molar-refractivity contribution >= 4 is 22.6 Å². The minimum atomic E-state index is 0.254. The molecule has 3 rings (SSSR count). The lowest BCUT2D eigenvalue weighted by Crippen LogP contribution is -2.30. The zero-order valence-corrected chi connectivity index (χ0v) is 9.04. The zero-order chi connectivity index (χ0) is 10.4. The summed E-state index contributed by atoms with van der Waals surface area (Å²) < 4.78 is 2.25. The number of hydrogen-bond acceptors (Lipinski definition) is 2. The number of nitrogens with two attached hydrogens (primary N) is 1. The number of nitrogens with zero attached hydrogens (tertiary/aromatic N) is 2. The largest absolute Gasteiger partial charge is 0.328 e. The molecule has 0 aliphatic carbocycles. The molecule has 1 aromatic heterocycles. The molecule has 1 aliphatic heterocycles. The molecular weight excluding hydrogens is 210 g/mol. The highest BCUT2D eigenvalue weighted by Crippen LogP contribution is 2.24. The molecule has 0 saturated heterocycles. The fourth-order valence-corrected chi connectivity index (χ4v) is 2.36. The molecule has 0 spiro atoms. The van der Waals surface area contributed by atoms with Crippen LogP contribution < -0.4 is 5.73 Å². The van der Waals surface area contributed by atoms with Crippen LogP contribution in [-0.4, -0.2) is 15.6 Å². The van der Waals surface area contributed by atoms with Crippen molar-refractivity contribution in [3.63, 3.8) is 0 Å². The number of benzene rings is 1. The molecule has 1 aromatic carbocycles. The molecule has 0 fully saturated rings. The number of imidazole rings is 1. The Morgan fingerprint density at radius 2 is 2.33 bits per heavy atom. The Kier molecular flexibility index (Phi) is 1.97. The highest BCUT2D eigenvalue weighted by molar-refractivity contribution is 6.31. The summed E-state index contributed by atoms with van der Waals surface area (Å²) in [4.78, 5) is 4.56. The molecular formula is C11H12ClN3. The maximum atomic E-state index is 5.94. The summed E-state index contributed by atoms with van der Waals surface area (Å²) in [5.41, 5.74) is 8.07. The van der Waals surface area contributed by atoms with Crippen LogP contribution in [0.5, 0.6) is 0 Å². The molecule has 0 amide bonds. The predicted octanol–water partition coefficient (Wildman–Crippen LogP) is 1.96. The third kappa shape index (κ3) is 1.43. The minimum absolute atomic E-state index is 0.254. The van der Waals surface area contributed by atoms with Gasteiger partial charge in [0.1, 0.15) is 5.82 Å². The lowest BCUT2D eigenvalue weighted by atomic mass is 10.1. The third-order valence-corrected chi connectivity index (χ3v) is 3.19. The molecule has 0 saturated carbocycles. The van der Waals surface area contributed by atoms with Crippen LogP contribution >= 0.6 is 11.6 Å². The first kappa shape index (κ1) is 9.19. The SMILES string of the molecule is NC1CCn2c(nc3cc(Cl)ccc32)C1. The van der Waals surface area contributed by atoms with Crippen LogP contribution in [0.1, 0.15) is 12.2 Å². The van der Waals surface area contributed by atoms with Crippen molar-refractivity contribution in [2.75, 3.05) is 0 Å². The van der Waals surface area contributed by atoms with E-state index in [1.54, 1.807) is 0 Å². The molecule has 78 valence electrons. The molecule has 1 atom stereocenters. The van der Waals surface area contributed by atoms with Crippen LogP contribution in [-0.2, 0) is 13.0 Å². The van der Waals surface area contributed by atoms with Crippen LogP contribution in [0.25, 0.3) is 11.0 Å². The summed E-state index contributed by atoms with van der Waals surface area (Å²) in [7, 11) is 0. The second-order valence-electron chi connectivity index (χ2n) is 4.07. The standard InChI is InChI=1S/C11H12ClN3/c12-7-1-2-10-9(5-7)14-11-6-8(13)3-4-15(10)11/h1-2,5,8H,3-4,6,13H2. The Morgan fingerprint density at radius 3 is 3.20 bits per heavy atom. The number of aromatic nitrogens is 2. The van der Waals surface area contributed by atoms with E-state index in [0.29, 0.717) is 0 Å². The van der Waals surface area contributed by atoms with Gasteiger partial charge in [0, 0.05) is 24.0 Å². The van der Waals surface area contributed by atoms with E-state index in [1.165, 1.54) is 5.52 Å². The average molecular weight is 222 g/mol. The molecule has 2 aromatic rings. The van der Waals surface area contributed by atoms with Gasteiger partial charge in [-0.3, -0.25) is 0 Å². The van der Waals surface area contributed by atoms with Crippen molar-refractivity contribution in [2.45, 2.75) is 25.4 Å². The van der Waals surface area contributed by atoms with Gasteiger partial charge in [-0.05, 0) is 24.6 Å². The first-order chi connectivity index (χ1) is 7.24. The summed E-state index contributed by atoms with van der Waals surface area (Å²) >= 11 is 5.94. The fourth-order valence-electron chi connectivity index (χ4n) is 2.19. The van der Waals surface area contributed by atoms with E-state index in [2.05, 4.69) is 9.55 Å². The van der Waals surface area contributed by atoms with Crippen molar-refractivity contribution < 1.29 is 0 Å². The Hall–Kier alpha value is -1.06. The van der Waals surface area contributed by atoms with Gasteiger partial charge in [0.05, 0.1) is 11.0 Å².